The molecule has 1 fully saturated rings. The lowest BCUT2D eigenvalue weighted by atomic mass is 9.96. The van der Waals surface area contributed by atoms with Gasteiger partial charge in [0.2, 0.25) is 5.89 Å². The highest BCUT2D eigenvalue weighted by Crippen LogP contribution is 2.21. The molecule has 1 aromatic heterocycles. The number of aliphatic hydroxyl groups is 1. The number of hydrogen-bond acceptors (Lipinski definition) is 5. The largest absolute Gasteiger partial charge is 0.396 e. The molecule has 2 heterocycles. The van der Waals surface area contributed by atoms with Gasteiger partial charge in [0.25, 0.3) is 0 Å². The summed E-state index contributed by atoms with van der Waals surface area (Å²) < 4.78 is 5.26. The minimum absolute atomic E-state index is 0.0691. The fourth-order valence-corrected chi connectivity index (χ4v) is 2.02. The summed E-state index contributed by atoms with van der Waals surface area (Å²) in [4.78, 5) is 6.66. The van der Waals surface area contributed by atoms with Crippen molar-refractivity contribution in [3.8, 4) is 0 Å². The fourth-order valence-electron chi connectivity index (χ4n) is 2.02. The van der Waals surface area contributed by atoms with Gasteiger partial charge < -0.3 is 9.63 Å². The molecule has 0 amide bonds. The van der Waals surface area contributed by atoms with Crippen LogP contribution in [0.3, 0.4) is 0 Å². The van der Waals surface area contributed by atoms with E-state index in [1.54, 1.807) is 0 Å². The Labute approximate surface area is 102 Å². The molecule has 1 unspecified atom stereocenters. The van der Waals surface area contributed by atoms with Gasteiger partial charge in [-0.25, -0.2) is 0 Å². The van der Waals surface area contributed by atoms with Crippen LogP contribution in [0.5, 0.6) is 0 Å². The van der Waals surface area contributed by atoms with Gasteiger partial charge in [-0.3, -0.25) is 4.90 Å². The second-order valence-electron chi connectivity index (χ2n) is 5.83. The van der Waals surface area contributed by atoms with Gasteiger partial charge in [-0.1, -0.05) is 25.9 Å². The normalized spacial score (nSPS) is 22.2. The van der Waals surface area contributed by atoms with E-state index in [1.807, 2.05) is 0 Å². The summed E-state index contributed by atoms with van der Waals surface area (Å²) >= 11 is 0. The van der Waals surface area contributed by atoms with Gasteiger partial charge in [0.1, 0.15) is 0 Å². The number of likely N-dealkylation sites (tertiary alicyclic amines) is 1. The Kier molecular flexibility index (Phi) is 3.49. The first-order valence-electron chi connectivity index (χ1n) is 6.15. The molecular formula is C12H21N3O2. The lowest BCUT2D eigenvalue weighted by molar-refractivity contribution is 0.211. The van der Waals surface area contributed by atoms with Crippen molar-refractivity contribution in [2.45, 2.75) is 39.2 Å². The van der Waals surface area contributed by atoms with Gasteiger partial charge in [-0.05, 0) is 18.9 Å². The fraction of sp³-hybridized carbons (Fsp3) is 0.833. The standard InChI is InChI=1S/C12H21N3O2/c1-12(2,3)11-13-10(17-14-11)7-15-5-4-9(6-15)8-16/h9,16H,4-8H2,1-3H3. The van der Waals surface area contributed by atoms with Crippen LogP contribution < -0.4 is 0 Å². The van der Waals surface area contributed by atoms with E-state index in [4.69, 9.17) is 9.63 Å². The molecule has 0 radical (unpaired) electrons. The maximum absolute atomic E-state index is 9.08. The minimum atomic E-state index is -0.0691. The first-order valence-corrected chi connectivity index (χ1v) is 6.15. The Morgan fingerprint density at radius 2 is 2.24 bits per heavy atom. The highest BCUT2D eigenvalue weighted by Gasteiger charge is 2.25. The van der Waals surface area contributed by atoms with Crippen molar-refractivity contribution in [1.82, 2.24) is 15.0 Å². The number of nitrogens with zero attached hydrogens (tertiary/aromatic N) is 3. The number of aromatic nitrogens is 2. The molecule has 1 saturated heterocycles. The van der Waals surface area contributed by atoms with Crippen molar-refractivity contribution in [2.24, 2.45) is 5.92 Å². The molecule has 0 aromatic carbocycles. The lowest BCUT2D eigenvalue weighted by Gasteiger charge is -2.12. The SMILES string of the molecule is CC(C)(C)c1noc(CN2CCC(CO)C2)n1. The maximum Gasteiger partial charge on any atom is 0.240 e. The summed E-state index contributed by atoms with van der Waals surface area (Å²) in [6.45, 7) is 9.09. The molecular weight excluding hydrogens is 218 g/mol. The smallest absolute Gasteiger partial charge is 0.240 e. The molecule has 1 N–H and O–H groups in total. The molecule has 2 rings (SSSR count). The van der Waals surface area contributed by atoms with Gasteiger partial charge in [0.05, 0.1) is 6.54 Å². The second-order valence-corrected chi connectivity index (χ2v) is 5.83. The summed E-state index contributed by atoms with van der Waals surface area (Å²) in [5, 5.41) is 13.1. The third-order valence-electron chi connectivity index (χ3n) is 3.13. The Hall–Kier alpha value is -0.940. The van der Waals surface area contributed by atoms with Crippen molar-refractivity contribution in [3.63, 3.8) is 0 Å². The van der Waals surface area contributed by atoms with Gasteiger partial charge >= 0.3 is 0 Å². The Bertz CT molecular complexity index is 370. The van der Waals surface area contributed by atoms with Crippen molar-refractivity contribution < 1.29 is 9.63 Å². The molecule has 5 heteroatoms. The molecule has 0 spiro atoms. The van der Waals surface area contributed by atoms with Crippen LogP contribution in [-0.4, -0.2) is 39.8 Å². The number of hydrogen-bond donors (Lipinski definition) is 1. The van der Waals surface area contributed by atoms with Crippen LogP contribution in [0.1, 0.15) is 38.9 Å². The van der Waals surface area contributed by atoms with Crippen LogP contribution in [0, 0.1) is 5.92 Å². The van der Waals surface area contributed by atoms with E-state index in [1.165, 1.54) is 0 Å². The zero-order valence-electron chi connectivity index (χ0n) is 10.8. The first-order chi connectivity index (χ1) is 7.99. The lowest BCUT2D eigenvalue weighted by Crippen LogP contribution is -2.21. The molecule has 96 valence electrons. The summed E-state index contributed by atoms with van der Waals surface area (Å²) in [6.07, 6.45) is 1.05. The highest BCUT2D eigenvalue weighted by atomic mass is 16.5. The van der Waals surface area contributed by atoms with Crippen LogP contribution in [0.2, 0.25) is 0 Å². The summed E-state index contributed by atoms with van der Waals surface area (Å²) in [7, 11) is 0. The predicted octanol–water partition coefficient (Wildman–Crippen LogP) is 1.18. The summed E-state index contributed by atoms with van der Waals surface area (Å²) in [6, 6.07) is 0. The highest BCUT2D eigenvalue weighted by molar-refractivity contribution is 5.00. The van der Waals surface area contributed by atoms with Gasteiger partial charge in [-0.2, -0.15) is 4.98 Å². The quantitative estimate of drug-likeness (QED) is 0.858. The Morgan fingerprint density at radius 3 is 2.76 bits per heavy atom. The van der Waals surface area contributed by atoms with Crippen molar-refractivity contribution >= 4 is 0 Å². The maximum atomic E-state index is 9.08. The van der Waals surface area contributed by atoms with E-state index in [9.17, 15) is 0 Å². The van der Waals surface area contributed by atoms with Crippen LogP contribution in [0.25, 0.3) is 0 Å². The molecule has 0 saturated carbocycles. The van der Waals surface area contributed by atoms with E-state index in [2.05, 4.69) is 35.8 Å². The molecule has 1 aliphatic heterocycles. The van der Waals surface area contributed by atoms with Crippen LogP contribution in [-0.2, 0) is 12.0 Å². The van der Waals surface area contributed by atoms with E-state index < -0.39 is 0 Å². The Balaban J connectivity index is 1.94. The van der Waals surface area contributed by atoms with Crippen molar-refractivity contribution in [2.75, 3.05) is 19.7 Å². The average Bonchev–Trinajstić information content (AvgIpc) is 2.86. The second kappa shape index (κ2) is 4.74. The molecule has 1 aromatic rings. The monoisotopic (exact) mass is 239 g/mol. The average molecular weight is 239 g/mol. The van der Waals surface area contributed by atoms with E-state index in [0.717, 1.165) is 25.3 Å². The van der Waals surface area contributed by atoms with Crippen molar-refractivity contribution in [3.05, 3.63) is 11.7 Å². The molecule has 17 heavy (non-hydrogen) atoms. The Morgan fingerprint density at radius 1 is 1.47 bits per heavy atom. The minimum Gasteiger partial charge on any atom is -0.396 e. The van der Waals surface area contributed by atoms with Crippen LogP contribution in [0.15, 0.2) is 4.52 Å². The van der Waals surface area contributed by atoms with E-state index in [0.29, 0.717) is 18.4 Å². The molecule has 0 aliphatic carbocycles. The first kappa shape index (κ1) is 12.5. The summed E-state index contributed by atoms with van der Waals surface area (Å²) in [5.74, 6) is 1.83. The van der Waals surface area contributed by atoms with E-state index in [-0.39, 0.29) is 12.0 Å². The van der Waals surface area contributed by atoms with Gasteiger partial charge in [0, 0.05) is 18.6 Å². The summed E-state index contributed by atoms with van der Waals surface area (Å²) in [5.41, 5.74) is -0.0691. The third-order valence-corrected chi connectivity index (χ3v) is 3.13. The van der Waals surface area contributed by atoms with Crippen LogP contribution in [0.4, 0.5) is 0 Å². The number of rotatable bonds is 3. The molecule has 0 bridgehead atoms. The third kappa shape index (κ3) is 3.04. The van der Waals surface area contributed by atoms with Gasteiger partial charge in [-0.15, -0.1) is 0 Å². The number of aliphatic hydroxyl groups excluding tert-OH is 1. The van der Waals surface area contributed by atoms with E-state index >= 15 is 0 Å². The molecule has 5 nitrogen and oxygen atoms in total. The topological polar surface area (TPSA) is 62.4 Å². The van der Waals surface area contributed by atoms with Gasteiger partial charge in [0.15, 0.2) is 5.82 Å². The molecule has 1 atom stereocenters. The van der Waals surface area contributed by atoms with Crippen molar-refractivity contribution in [1.29, 1.82) is 0 Å². The molecule has 1 aliphatic rings. The zero-order chi connectivity index (χ0) is 12.5. The zero-order valence-corrected chi connectivity index (χ0v) is 10.8. The predicted molar refractivity (Wildman–Crippen MR) is 63.5 cm³/mol. The van der Waals surface area contributed by atoms with Crippen LogP contribution >= 0.6 is 0 Å².